The predicted octanol–water partition coefficient (Wildman–Crippen LogP) is 3.55. The molecule has 2 rings (SSSR count). The van der Waals surface area contributed by atoms with Crippen LogP contribution in [0.1, 0.15) is 19.7 Å². The molecule has 0 aliphatic heterocycles. The third-order valence-corrected chi connectivity index (χ3v) is 4.07. The first-order valence-corrected chi connectivity index (χ1v) is 8.51. The van der Waals surface area contributed by atoms with Gasteiger partial charge in [0.2, 0.25) is 0 Å². The summed E-state index contributed by atoms with van der Waals surface area (Å²) in [7, 11) is -3.22. The summed E-state index contributed by atoms with van der Waals surface area (Å²) in [5, 5.41) is 0. The Kier molecular flexibility index (Phi) is 6.14. The largest absolute Gasteiger partial charge is 0.440 e. The molecule has 0 atom stereocenters. The first-order valence-electron chi connectivity index (χ1n) is 6.62. The van der Waals surface area contributed by atoms with E-state index in [4.69, 9.17) is 4.42 Å². The van der Waals surface area contributed by atoms with Crippen molar-refractivity contribution >= 4 is 20.9 Å². The predicted molar refractivity (Wildman–Crippen MR) is 89.3 cm³/mol. The first kappa shape index (κ1) is 17.7. The number of nitrogens with zero attached hydrogens (tertiary/aromatic N) is 1. The zero-order valence-electron chi connectivity index (χ0n) is 12.9. The third-order valence-electron chi connectivity index (χ3n) is 2.96. The summed E-state index contributed by atoms with van der Waals surface area (Å²) in [5.41, 5.74) is 2.34. The van der Waals surface area contributed by atoms with E-state index in [1.54, 1.807) is 12.1 Å². The second-order valence-electron chi connectivity index (χ2n) is 4.65. The van der Waals surface area contributed by atoms with Crippen LogP contribution in [0.3, 0.4) is 0 Å². The van der Waals surface area contributed by atoms with Gasteiger partial charge in [-0.15, -0.1) is 12.8 Å². The van der Waals surface area contributed by atoms with E-state index in [-0.39, 0.29) is 4.90 Å². The Balaban J connectivity index is 0.00000116. The summed E-state index contributed by atoms with van der Waals surface area (Å²) >= 11 is 0. The van der Waals surface area contributed by atoms with Gasteiger partial charge in [-0.2, -0.15) is 0 Å². The highest BCUT2D eigenvalue weighted by Gasteiger charge is 2.11. The second-order valence-corrected chi connectivity index (χ2v) is 6.66. The van der Waals surface area contributed by atoms with Gasteiger partial charge in [-0.25, -0.2) is 13.4 Å². The van der Waals surface area contributed by atoms with Crippen LogP contribution in [0, 0.1) is 12.8 Å². The summed E-state index contributed by atoms with van der Waals surface area (Å²) < 4.78 is 28.5. The molecule has 116 valence electrons. The monoisotopic (exact) mass is 317 g/mol. The quantitative estimate of drug-likeness (QED) is 0.639. The summed E-state index contributed by atoms with van der Waals surface area (Å²) in [6, 6.07) is 4.72. The molecular formula is C17H19NO3S. The van der Waals surface area contributed by atoms with Gasteiger partial charge >= 0.3 is 0 Å². The standard InChI is InChI=1S/C15H17NO3S.C2H2/c1-4-11(2)6-5-7-15-16-13-10-12(20(3,17)18)8-9-14(13)19-15;1-2/h4-6,8-10H,7H2,1-3H3;1-2H/b6-5-,11-4-;. The molecule has 0 aliphatic carbocycles. The van der Waals surface area contributed by atoms with Gasteiger partial charge in [-0.05, 0) is 32.0 Å². The lowest BCUT2D eigenvalue weighted by molar-refractivity contribution is 0.546. The van der Waals surface area contributed by atoms with Crippen LogP contribution in [0.15, 0.2) is 51.3 Å². The number of oxazole rings is 1. The minimum Gasteiger partial charge on any atom is -0.440 e. The van der Waals surface area contributed by atoms with Gasteiger partial charge < -0.3 is 4.42 Å². The fourth-order valence-corrected chi connectivity index (χ4v) is 2.36. The molecule has 0 N–H and O–H groups in total. The van der Waals surface area contributed by atoms with Crippen molar-refractivity contribution in [1.29, 1.82) is 0 Å². The molecule has 22 heavy (non-hydrogen) atoms. The van der Waals surface area contributed by atoms with Gasteiger partial charge in [0.15, 0.2) is 21.3 Å². The molecule has 0 saturated carbocycles. The van der Waals surface area contributed by atoms with Crippen molar-refractivity contribution in [2.24, 2.45) is 0 Å². The molecule has 1 heterocycles. The molecule has 0 amide bonds. The number of sulfone groups is 1. The van der Waals surface area contributed by atoms with E-state index in [2.05, 4.69) is 17.8 Å². The van der Waals surface area contributed by atoms with Crippen LogP contribution in [0.5, 0.6) is 0 Å². The Bertz CT molecular complexity index is 824. The Labute approximate surface area is 131 Å². The summed E-state index contributed by atoms with van der Waals surface area (Å²) in [6.45, 7) is 3.99. The zero-order chi connectivity index (χ0) is 16.8. The van der Waals surface area contributed by atoms with Crippen LogP contribution < -0.4 is 0 Å². The van der Waals surface area contributed by atoms with Gasteiger partial charge in [0.1, 0.15) is 5.52 Å². The van der Waals surface area contributed by atoms with E-state index in [9.17, 15) is 8.42 Å². The van der Waals surface area contributed by atoms with Crippen LogP contribution in [0.25, 0.3) is 11.1 Å². The highest BCUT2D eigenvalue weighted by atomic mass is 32.2. The minimum atomic E-state index is -3.22. The van der Waals surface area contributed by atoms with E-state index in [0.717, 1.165) is 0 Å². The minimum absolute atomic E-state index is 0.255. The van der Waals surface area contributed by atoms with Gasteiger partial charge in [-0.3, -0.25) is 0 Å². The van der Waals surface area contributed by atoms with Crippen molar-refractivity contribution in [2.45, 2.75) is 25.2 Å². The fourth-order valence-electron chi connectivity index (χ4n) is 1.71. The number of benzene rings is 1. The zero-order valence-corrected chi connectivity index (χ0v) is 13.7. The van der Waals surface area contributed by atoms with Crippen LogP contribution >= 0.6 is 0 Å². The van der Waals surface area contributed by atoms with E-state index < -0.39 is 9.84 Å². The molecule has 0 spiro atoms. The molecule has 0 bridgehead atoms. The van der Waals surface area contributed by atoms with Crippen molar-refractivity contribution in [3.63, 3.8) is 0 Å². The van der Waals surface area contributed by atoms with Crippen molar-refractivity contribution in [2.75, 3.05) is 6.26 Å². The molecule has 0 fully saturated rings. The molecule has 5 heteroatoms. The van der Waals surface area contributed by atoms with Crippen molar-refractivity contribution in [1.82, 2.24) is 4.98 Å². The molecule has 2 aromatic rings. The first-order chi connectivity index (χ1) is 10.4. The molecule has 0 aliphatic rings. The van der Waals surface area contributed by atoms with Crippen LogP contribution in [-0.4, -0.2) is 19.7 Å². The summed E-state index contributed by atoms with van der Waals surface area (Å²) in [4.78, 5) is 4.56. The van der Waals surface area contributed by atoms with Crippen molar-refractivity contribution in [3.8, 4) is 12.8 Å². The molecule has 0 unspecified atom stereocenters. The topological polar surface area (TPSA) is 60.2 Å². The van der Waals surface area contributed by atoms with Gasteiger partial charge in [0.05, 0.1) is 4.90 Å². The average Bonchev–Trinajstić information content (AvgIpc) is 2.89. The molecule has 4 nitrogen and oxygen atoms in total. The van der Waals surface area contributed by atoms with E-state index in [1.165, 1.54) is 17.9 Å². The second kappa shape index (κ2) is 7.62. The maximum atomic E-state index is 11.5. The average molecular weight is 317 g/mol. The van der Waals surface area contributed by atoms with Crippen molar-refractivity contribution < 1.29 is 12.8 Å². The van der Waals surface area contributed by atoms with Crippen molar-refractivity contribution in [3.05, 3.63) is 47.9 Å². The van der Waals surface area contributed by atoms with Gasteiger partial charge in [0, 0.05) is 12.7 Å². The number of terminal acetylenes is 1. The van der Waals surface area contributed by atoms with E-state index in [0.29, 0.717) is 23.4 Å². The number of hydrogen-bond acceptors (Lipinski definition) is 4. The third kappa shape index (κ3) is 4.61. The highest BCUT2D eigenvalue weighted by molar-refractivity contribution is 7.90. The summed E-state index contributed by atoms with van der Waals surface area (Å²) in [6.07, 6.45) is 15.7. The Morgan fingerprint density at radius 2 is 2.05 bits per heavy atom. The maximum absolute atomic E-state index is 11.5. The lowest BCUT2D eigenvalue weighted by atomic mass is 10.2. The molecule has 1 aromatic carbocycles. The Hall–Kier alpha value is -2.32. The normalized spacial score (nSPS) is 12.3. The fraction of sp³-hybridized carbons (Fsp3) is 0.235. The van der Waals surface area contributed by atoms with E-state index in [1.807, 2.05) is 32.1 Å². The summed E-state index contributed by atoms with van der Waals surface area (Å²) in [5.74, 6) is 0.575. The smallest absolute Gasteiger partial charge is 0.199 e. The van der Waals surface area contributed by atoms with Crippen LogP contribution in [-0.2, 0) is 16.3 Å². The van der Waals surface area contributed by atoms with Gasteiger partial charge in [0.25, 0.3) is 0 Å². The molecule has 1 aromatic heterocycles. The lowest BCUT2D eigenvalue weighted by Gasteiger charge is -1.95. The number of rotatable bonds is 4. The van der Waals surface area contributed by atoms with E-state index >= 15 is 0 Å². The number of fused-ring (bicyclic) bond motifs is 1. The lowest BCUT2D eigenvalue weighted by Crippen LogP contribution is -1.96. The van der Waals surface area contributed by atoms with Crippen LogP contribution in [0.2, 0.25) is 0 Å². The molecular weight excluding hydrogens is 298 g/mol. The maximum Gasteiger partial charge on any atom is 0.199 e. The number of hydrogen-bond donors (Lipinski definition) is 0. The number of allylic oxidation sites excluding steroid dienone is 4. The Morgan fingerprint density at radius 3 is 2.64 bits per heavy atom. The number of aromatic nitrogens is 1. The SMILES string of the molecule is C#C.C/C=C(C)\C=C/Cc1nc2cc(S(C)(=O)=O)ccc2o1. The van der Waals surface area contributed by atoms with Crippen LogP contribution in [0.4, 0.5) is 0 Å². The molecule has 0 radical (unpaired) electrons. The molecule has 0 saturated heterocycles. The van der Waals surface area contributed by atoms with Gasteiger partial charge in [-0.1, -0.05) is 23.8 Å². The Morgan fingerprint density at radius 1 is 1.36 bits per heavy atom. The highest BCUT2D eigenvalue weighted by Crippen LogP contribution is 2.20.